The van der Waals surface area contributed by atoms with Crippen LogP contribution in [0.25, 0.3) is 0 Å². The second-order valence-corrected chi connectivity index (χ2v) is 12.3. The molecule has 6 rings (SSSR count). The highest BCUT2D eigenvalue weighted by Gasteiger charge is 2.39. The van der Waals surface area contributed by atoms with Gasteiger partial charge in [0.05, 0.1) is 13.2 Å². The van der Waals surface area contributed by atoms with Gasteiger partial charge in [-0.15, -0.1) is 0 Å². The van der Waals surface area contributed by atoms with Gasteiger partial charge in [-0.1, -0.05) is 24.0 Å². The molecule has 2 aromatic carbocycles. The van der Waals surface area contributed by atoms with Gasteiger partial charge in [-0.3, -0.25) is 24.6 Å². The van der Waals surface area contributed by atoms with Crippen molar-refractivity contribution in [3.63, 3.8) is 0 Å². The Kier molecular flexibility index (Phi) is 8.59. The predicted molar refractivity (Wildman–Crippen MR) is 160 cm³/mol. The number of hydrogen-bond donors (Lipinski definition) is 1. The molecule has 2 unspecified atom stereocenters. The van der Waals surface area contributed by atoms with Crippen LogP contribution in [0.15, 0.2) is 42.5 Å². The SMILES string of the molecule is CN1CCCC(COc2ccc(C3CCN(CC#Cc4ccc5c(c4)CN(C4CCC(=O)NC4=O)C5=O)CC3)cc2)C1. The van der Waals surface area contributed by atoms with Crippen molar-refractivity contribution in [2.75, 3.05) is 46.4 Å². The normalized spacial score (nSPS) is 23.7. The van der Waals surface area contributed by atoms with E-state index in [1.54, 1.807) is 4.90 Å². The van der Waals surface area contributed by atoms with E-state index in [2.05, 4.69) is 58.3 Å². The Bertz CT molecular complexity index is 1390. The summed E-state index contributed by atoms with van der Waals surface area (Å²) in [6, 6.07) is 13.8. The van der Waals surface area contributed by atoms with Gasteiger partial charge < -0.3 is 14.5 Å². The van der Waals surface area contributed by atoms with Gasteiger partial charge in [0.1, 0.15) is 11.8 Å². The number of rotatable bonds is 6. The highest BCUT2D eigenvalue weighted by Crippen LogP contribution is 2.30. The molecular weight excluding hydrogens is 528 g/mol. The smallest absolute Gasteiger partial charge is 0.255 e. The lowest BCUT2D eigenvalue weighted by atomic mass is 9.89. The Balaban J connectivity index is 0.963. The zero-order chi connectivity index (χ0) is 29.1. The van der Waals surface area contributed by atoms with Crippen molar-refractivity contribution in [1.29, 1.82) is 0 Å². The topological polar surface area (TPSA) is 82.2 Å². The molecule has 0 aromatic heterocycles. The van der Waals surface area contributed by atoms with E-state index < -0.39 is 6.04 Å². The van der Waals surface area contributed by atoms with E-state index >= 15 is 0 Å². The summed E-state index contributed by atoms with van der Waals surface area (Å²) in [7, 11) is 2.19. The average molecular weight is 569 g/mol. The van der Waals surface area contributed by atoms with E-state index in [-0.39, 0.29) is 24.1 Å². The molecule has 8 heteroatoms. The Hall–Kier alpha value is -3.67. The lowest BCUT2D eigenvalue weighted by Crippen LogP contribution is -2.52. The second-order valence-electron chi connectivity index (χ2n) is 12.3. The molecule has 2 aromatic rings. The fourth-order valence-electron chi connectivity index (χ4n) is 6.79. The van der Waals surface area contributed by atoms with Gasteiger partial charge in [-0.2, -0.15) is 0 Å². The summed E-state index contributed by atoms with van der Waals surface area (Å²) in [6.07, 6.45) is 5.37. The molecule has 4 heterocycles. The maximum Gasteiger partial charge on any atom is 0.255 e. The number of nitrogens with one attached hydrogen (secondary N) is 1. The minimum Gasteiger partial charge on any atom is -0.493 e. The van der Waals surface area contributed by atoms with Crippen molar-refractivity contribution in [3.05, 3.63) is 64.7 Å². The lowest BCUT2D eigenvalue weighted by molar-refractivity contribution is -0.136. The van der Waals surface area contributed by atoms with E-state index in [0.717, 1.165) is 56.0 Å². The first-order chi connectivity index (χ1) is 20.4. The van der Waals surface area contributed by atoms with Crippen molar-refractivity contribution in [1.82, 2.24) is 20.0 Å². The molecular formula is C34H40N4O4. The number of carbonyl (C=O) groups excluding carboxylic acids is 3. The number of hydrogen-bond acceptors (Lipinski definition) is 6. The summed E-state index contributed by atoms with van der Waals surface area (Å²) in [6.45, 7) is 6.25. The predicted octanol–water partition coefficient (Wildman–Crippen LogP) is 3.40. The van der Waals surface area contributed by atoms with Crippen LogP contribution in [0.4, 0.5) is 0 Å². The molecule has 3 saturated heterocycles. The molecule has 2 atom stereocenters. The minimum atomic E-state index is -0.597. The van der Waals surface area contributed by atoms with Gasteiger partial charge in [-0.05, 0) is 106 Å². The first-order valence-electron chi connectivity index (χ1n) is 15.3. The molecule has 3 amide bonds. The third-order valence-electron chi connectivity index (χ3n) is 9.21. The van der Waals surface area contributed by atoms with E-state index in [0.29, 0.717) is 36.9 Å². The molecule has 220 valence electrons. The van der Waals surface area contributed by atoms with Crippen LogP contribution < -0.4 is 10.1 Å². The quantitative estimate of drug-likeness (QED) is 0.425. The van der Waals surface area contributed by atoms with Crippen LogP contribution in [0.2, 0.25) is 0 Å². The largest absolute Gasteiger partial charge is 0.493 e. The molecule has 4 aliphatic heterocycles. The summed E-state index contributed by atoms with van der Waals surface area (Å²) in [5.41, 5.74) is 3.77. The van der Waals surface area contributed by atoms with Gasteiger partial charge in [0.2, 0.25) is 11.8 Å². The molecule has 0 saturated carbocycles. The van der Waals surface area contributed by atoms with Crippen molar-refractivity contribution < 1.29 is 19.1 Å². The van der Waals surface area contributed by atoms with Crippen molar-refractivity contribution >= 4 is 17.7 Å². The summed E-state index contributed by atoms with van der Waals surface area (Å²) in [5.74, 6) is 7.93. The Morgan fingerprint density at radius 1 is 0.976 bits per heavy atom. The van der Waals surface area contributed by atoms with Crippen LogP contribution in [0.1, 0.15) is 71.5 Å². The lowest BCUT2D eigenvalue weighted by Gasteiger charge is -2.31. The number of ether oxygens (including phenoxy) is 1. The molecule has 0 spiro atoms. The molecule has 42 heavy (non-hydrogen) atoms. The van der Waals surface area contributed by atoms with Gasteiger partial charge in [-0.25, -0.2) is 0 Å². The van der Waals surface area contributed by atoms with E-state index in [4.69, 9.17) is 4.74 Å². The van der Waals surface area contributed by atoms with Gasteiger partial charge in [0, 0.05) is 36.6 Å². The molecule has 3 fully saturated rings. The van der Waals surface area contributed by atoms with Crippen molar-refractivity contribution in [2.24, 2.45) is 5.92 Å². The molecule has 0 radical (unpaired) electrons. The standard InChI is InChI=1S/C34H40N4O4/c1-36-16-2-5-25(21-36)23-42-29-9-7-26(8-10-29)27-14-18-37(19-15-27)17-3-4-24-6-11-30-28(20-24)22-38(34(30)41)31-12-13-32(39)35-33(31)40/h6-11,20,25,27,31H,2,5,12-19,21-23H2,1H3,(H,35,39,40). The van der Waals surface area contributed by atoms with Crippen molar-refractivity contribution in [3.8, 4) is 17.6 Å². The van der Waals surface area contributed by atoms with Gasteiger partial charge >= 0.3 is 0 Å². The number of carbonyl (C=O) groups is 3. The first-order valence-corrected chi connectivity index (χ1v) is 15.3. The zero-order valence-electron chi connectivity index (χ0n) is 24.4. The minimum absolute atomic E-state index is 0.156. The van der Waals surface area contributed by atoms with Crippen LogP contribution in [-0.2, 0) is 16.1 Å². The Morgan fingerprint density at radius 2 is 1.79 bits per heavy atom. The maximum atomic E-state index is 12.9. The highest BCUT2D eigenvalue weighted by atomic mass is 16.5. The van der Waals surface area contributed by atoms with Crippen LogP contribution >= 0.6 is 0 Å². The molecule has 4 aliphatic rings. The number of benzene rings is 2. The summed E-state index contributed by atoms with van der Waals surface area (Å²) in [4.78, 5) is 43.1. The molecule has 8 nitrogen and oxygen atoms in total. The number of fused-ring (bicyclic) bond motifs is 1. The number of likely N-dealkylation sites (tertiary alicyclic amines) is 2. The van der Waals surface area contributed by atoms with Gasteiger partial charge in [0.25, 0.3) is 5.91 Å². The summed E-state index contributed by atoms with van der Waals surface area (Å²) >= 11 is 0. The van der Waals surface area contributed by atoms with Crippen molar-refractivity contribution in [2.45, 2.75) is 57.0 Å². The van der Waals surface area contributed by atoms with Gasteiger partial charge in [0.15, 0.2) is 0 Å². The first kappa shape index (κ1) is 28.4. The number of nitrogens with zero attached hydrogens (tertiary/aromatic N) is 3. The third kappa shape index (κ3) is 6.53. The monoisotopic (exact) mass is 568 g/mol. The van der Waals surface area contributed by atoms with E-state index in [1.165, 1.54) is 24.9 Å². The molecule has 1 N–H and O–H groups in total. The third-order valence-corrected chi connectivity index (χ3v) is 9.21. The van der Waals surface area contributed by atoms with E-state index in [9.17, 15) is 14.4 Å². The highest BCUT2D eigenvalue weighted by molar-refractivity contribution is 6.05. The number of amides is 3. The zero-order valence-corrected chi connectivity index (χ0v) is 24.4. The van der Waals surface area contributed by atoms with E-state index in [1.807, 2.05) is 18.2 Å². The molecule has 0 bridgehead atoms. The number of piperidine rings is 3. The van der Waals surface area contributed by atoms with Crippen LogP contribution in [0.5, 0.6) is 5.75 Å². The van der Waals surface area contributed by atoms with Crippen LogP contribution in [0.3, 0.4) is 0 Å². The Morgan fingerprint density at radius 3 is 2.55 bits per heavy atom. The van der Waals surface area contributed by atoms with Crippen LogP contribution in [0, 0.1) is 17.8 Å². The fourth-order valence-corrected chi connectivity index (χ4v) is 6.79. The fraction of sp³-hybridized carbons (Fsp3) is 0.500. The maximum absolute atomic E-state index is 12.9. The second kappa shape index (κ2) is 12.7. The summed E-state index contributed by atoms with van der Waals surface area (Å²) < 4.78 is 6.11. The van der Waals surface area contributed by atoms with Crippen LogP contribution in [-0.4, -0.2) is 84.8 Å². The summed E-state index contributed by atoms with van der Waals surface area (Å²) in [5, 5.41) is 2.35. The Labute approximate surface area is 248 Å². The molecule has 0 aliphatic carbocycles. The number of imide groups is 1. The average Bonchev–Trinajstić information content (AvgIpc) is 3.32.